The molecule has 1 unspecified atom stereocenters. The van der Waals surface area contributed by atoms with Gasteiger partial charge in [0.15, 0.2) is 0 Å². The predicted octanol–water partition coefficient (Wildman–Crippen LogP) is 5.99. The van der Waals surface area contributed by atoms with Crippen LogP contribution >= 0.6 is 0 Å². The molecule has 160 valence electrons. The van der Waals surface area contributed by atoms with Gasteiger partial charge in [0.2, 0.25) is 0 Å². The molecule has 0 spiro atoms. The minimum Gasteiger partial charge on any atom is -0.466 e. The van der Waals surface area contributed by atoms with E-state index in [-0.39, 0.29) is 12.1 Å². The summed E-state index contributed by atoms with van der Waals surface area (Å²) in [5.41, 5.74) is 0.559. The van der Waals surface area contributed by atoms with Gasteiger partial charge in [0, 0.05) is 48.0 Å². The second-order valence-corrected chi connectivity index (χ2v) is 52.4. The van der Waals surface area contributed by atoms with Gasteiger partial charge in [0.25, 0.3) is 0 Å². The lowest BCUT2D eigenvalue weighted by Gasteiger charge is -2.58. The van der Waals surface area contributed by atoms with Crippen molar-refractivity contribution in [1.29, 1.82) is 0 Å². The Hall–Kier alpha value is 0.0375. The first-order valence-electron chi connectivity index (χ1n) is 10.4. The highest BCUT2D eigenvalue weighted by atomic mass is 29.9. The van der Waals surface area contributed by atoms with Crippen molar-refractivity contribution < 1.29 is 14.3 Å². The Morgan fingerprint density at radius 3 is 1.70 bits per heavy atom. The summed E-state index contributed by atoms with van der Waals surface area (Å²) in [6.45, 7) is 28.9. The minimum absolute atomic E-state index is 0.111. The van der Waals surface area contributed by atoms with Gasteiger partial charge in [0.1, 0.15) is 0 Å². The summed E-state index contributed by atoms with van der Waals surface area (Å²) in [6, 6.07) is 1.20. The molecule has 0 fully saturated rings. The number of unbranched alkanes of at least 4 members (excludes halogenated alkanes) is 1. The zero-order valence-corrected chi connectivity index (χ0v) is 24.0. The molecule has 0 aliphatic heterocycles. The van der Waals surface area contributed by atoms with E-state index >= 15 is 0 Å². The lowest BCUT2D eigenvalue weighted by Crippen LogP contribution is -2.83. The van der Waals surface area contributed by atoms with Crippen LogP contribution < -0.4 is 0 Å². The first-order valence-corrected chi connectivity index (χ1v) is 26.1. The Morgan fingerprint density at radius 1 is 0.926 bits per heavy atom. The Morgan fingerprint density at radius 2 is 1.37 bits per heavy atom. The highest BCUT2D eigenvalue weighted by Crippen LogP contribution is 2.42. The van der Waals surface area contributed by atoms with E-state index < -0.39 is 29.4 Å². The van der Waals surface area contributed by atoms with E-state index in [1.807, 2.05) is 0 Å². The zero-order valence-electron chi connectivity index (χ0n) is 20.0. The van der Waals surface area contributed by atoms with Gasteiger partial charge in [-0.1, -0.05) is 78.8 Å². The van der Waals surface area contributed by atoms with Crippen LogP contribution in [0.25, 0.3) is 0 Å². The summed E-state index contributed by atoms with van der Waals surface area (Å²) < 4.78 is 11.3. The molecule has 3 nitrogen and oxygen atoms in total. The molecular formula is C20H46O3Si4. The summed E-state index contributed by atoms with van der Waals surface area (Å²) in [7, 11) is -2.67. The van der Waals surface area contributed by atoms with Crippen LogP contribution in [-0.2, 0) is 14.3 Å². The molecule has 0 heterocycles. The summed E-state index contributed by atoms with van der Waals surface area (Å²) >= 11 is 0. The summed E-state index contributed by atoms with van der Waals surface area (Å²) in [4.78, 5) is 12.0. The van der Waals surface area contributed by atoms with Crippen molar-refractivity contribution in [3.05, 3.63) is 12.2 Å². The van der Waals surface area contributed by atoms with Crippen molar-refractivity contribution in [2.75, 3.05) is 13.7 Å². The number of hydrogen-bond donors (Lipinski definition) is 0. The van der Waals surface area contributed by atoms with Crippen LogP contribution in [0.1, 0.15) is 26.2 Å². The number of methoxy groups -OCH3 is 1. The zero-order chi connectivity index (χ0) is 21.7. The maximum Gasteiger partial charge on any atom is 0.333 e. The summed E-state index contributed by atoms with van der Waals surface area (Å²) in [5.74, 6) is -0.291. The number of ether oxygens (including phenoxy) is 2. The first kappa shape index (κ1) is 27.0. The molecule has 0 saturated heterocycles. The molecule has 0 amide bonds. The lowest BCUT2D eigenvalue weighted by molar-refractivity contribution is -0.136. The Bertz CT molecular complexity index is 463. The predicted molar refractivity (Wildman–Crippen MR) is 131 cm³/mol. The molecule has 0 aromatic rings. The number of rotatable bonds is 12. The van der Waals surface area contributed by atoms with Gasteiger partial charge in [-0.3, -0.25) is 0 Å². The van der Waals surface area contributed by atoms with Crippen LogP contribution in [0.2, 0.25) is 65.0 Å². The average Bonchev–Trinajstić information content (AvgIpc) is 2.47. The Labute approximate surface area is 172 Å². The van der Waals surface area contributed by atoms with Crippen molar-refractivity contribution in [2.24, 2.45) is 0 Å². The van der Waals surface area contributed by atoms with Gasteiger partial charge in [-0.15, -0.1) is 0 Å². The van der Waals surface area contributed by atoms with E-state index in [1.54, 1.807) is 0 Å². The molecule has 0 aromatic heterocycles. The van der Waals surface area contributed by atoms with Crippen molar-refractivity contribution in [3.63, 3.8) is 0 Å². The fourth-order valence-electron chi connectivity index (χ4n) is 5.72. The van der Waals surface area contributed by atoms with Gasteiger partial charge in [-0.25, -0.2) is 4.79 Å². The van der Waals surface area contributed by atoms with E-state index in [9.17, 15) is 4.79 Å². The third kappa shape index (κ3) is 6.80. The topological polar surface area (TPSA) is 35.5 Å². The molecule has 0 radical (unpaired) electrons. The lowest BCUT2D eigenvalue weighted by atomic mass is 10.1. The summed E-state index contributed by atoms with van der Waals surface area (Å²) in [6.07, 6.45) is 2.93. The normalized spacial score (nSPS) is 14.8. The van der Waals surface area contributed by atoms with Crippen LogP contribution in [0.15, 0.2) is 12.2 Å². The fourth-order valence-corrected chi connectivity index (χ4v) is 104. The van der Waals surface area contributed by atoms with Crippen molar-refractivity contribution in [3.8, 4) is 0 Å². The molecule has 0 aromatic carbocycles. The van der Waals surface area contributed by atoms with Gasteiger partial charge in [-0.2, -0.15) is 0 Å². The first-order chi connectivity index (χ1) is 12.0. The van der Waals surface area contributed by atoms with Gasteiger partial charge < -0.3 is 9.47 Å². The number of esters is 1. The SMILES string of the molecule is C=C(CC(C[Si]([Si](C)(C)C)([Si](C)(C)C)[Si](C)(C)C)OCCCC)C(=O)OC. The van der Waals surface area contributed by atoms with Gasteiger partial charge in [-0.05, 0) is 12.5 Å². The fraction of sp³-hybridized carbons (Fsp3) is 0.850. The Kier molecular flexibility index (Phi) is 10.2. The maximum atomic E-state index is 12.0. The van der Waals surface area contributed by atoms with E-state index in [4.69, 9.17) is 9.47 Å². The van der Waals surface area contributed by atoms with Crippen LogP contribution in [0, 0.1) is 0 Å². The third-order valence-electron chi connectivity index (χ3n) is 6.17. The van der Waals surface area contributed by atoms with Crippen molar-refractivity contribution in [1.82, 2.24) is 0 Å². The minimum atomic E-state index is -1.54. The van der Waals surface area contributed by atoms with Crippen molar-refractivity contribution in [2.45, 2.75) is 97.3 Å². The molecule has 0 aliphatic rings. The number of hydrogen-bond acceptors (Lipinski definition) is 3. The molecule has 27 heavy (non-hydrogen) atoms. The molecule has 0 aliphatic carbocycles. The van der Waals surface area contributed by atoms with Crippen LogP contribution in [0.3, 0.4) is 0 Å². The van der Waals surface area contributed by atoms with Crippen LogP contribution in [0.4, 0.5) is 0 Å². The summed E-state index contributed by atoms with van der Waals surface area (Å²) in [5, 5.41) is 0. The standard InChI is InChI=1S/C20H46O3Si4/c1-13-14-15-23-19(16-18(2)20(21)22-3)17-27(24(4,5)6,25(7,8)9)26(10,11)12/h19H,2,13-17H2,1,3-12H3. The quantitative estimate of drug-likeness (QED) is 0.160. The van der Waals surface area contributed by atoms with Crippen molar-refractivity contribution >= 4 is 35.4 Å². The second-order valence-electron chi connectivity index (χ2n) is 11.0. The molecule has 0 rings (SSSR count). The van der Waals surface area contributed by atoms with E-state index in [2.05, 4.69) is 72.4 Å². The molecule has 7 heteroatoms. The number of carbonyl (C=O) groups excluding carboxylic acids is 1. The van der Waals surface area contributed by atoms with E-state index in [0.717, 1.165) is 19.4 Å². The molecule has 0 saturated carbocycles. The van der Waals surface area contributed by atoms with Crippen LogP contribution in [0.5, 0.6) is 0 Å². The molecule has 0 bridgehead atoms. The molecule has 0 N–H and O–H groups in total. The van der Waals surface area contributed by atoms with Gasteiger partial charge in [0.05, 0.1) is 13.2 Å². The molecule has 1 atom stereocenters. The molecular weight excluding hydrogens is 401 g/mol. The van der Waals surface area contributed by atoms with E-state index in [1.165, 1.54) is 13.2 Å². The average molecular weight is 447 g/mol. The highest BCUT2D eigenvalue weighted by molar-refractivity contribution is 7.89. The smallest absolute Gasteiger partial charge is 0.333 e. The number of carbonyl (C=O) groups is 1. The monoisotopic (exact) mass is 446 g/mol. The van der Waals surface area contributed by atoms with Crippen LogP contribution in [-0.4, -0.2) is 55.2 Å². The Balaban J connectivity index is 6.04. The van der Waals surface area contributed by atoms with Gasteiger partial charge >= 0.3 is 5.97 Å². The maximum absolute atomic E-state index is 12.0. The van der Waals surface area contributed by atoms with E-state index in [0.29, 0.717) is 12.0 Å². The highest BCUT2D eigenvalue weighted by Gasteiger charge is 2.61. The second kappa shape index (κ2) is 10.2. The largest absolute Gasteiger partial charge is 0.466 e. The third-order valence-corrected chi connectivity index (χ3v) is 80.3.